The molecule has 1 fully saturated rings. The van der Waals surface area contributed by atoms with Crippen LogP contribution in [0.5, 0.6) is 0 Å². The Balaban J connectivity index is 1.55. The van der Waals surface area contributed by atoms with Crippen molar-refractivity contribution in [2.24, 2.45) is 0 Å². The van der Waals surface area contributed by atoms with Gasteiger partial charge in [0.15, 0.2) is 0 Å². The largest absolute Gasteiger partial charge is 0.348 e. The van der Waals surface area contributed by atoms with E-state index < -0.39 is 10.0 Å². The maximum atomic E-state index is 13.5. The van der Waals surface area contributed by atoms with Gasteiger partial charge in [0, 0.05) is 43.0 Å². The number of fused-ring (bicyclic) bond motifs is 1. The van der Waals surface area contributed by atoms with E-state index in [4.69, 9.17) is 4.98 Å². The molecule has 8 heteroatoms. The summed E-state index contributed by atoms with van der Waals surface area (Å²) in [4.78, 5) is 22.6. The van der Waals surface area contributed by atoms with E-state index in [1.54, 1.807) is 41.0 Å². The second-order valence-electron chi connectivity index (χ2n) is 9.46. The van der Waals surface area contributed by atoms with Crippen LogP contribution in [-0.2, 0) is 16.6 Å². The number of sulfonamides is 1. The number of hydrogen-bond acceptors (Lipinski definition) is 5. The molecule has 0 spiro atoms. The molecule has 0 aliphatic carbocycles. The SMILES string of the molecule is Cc1ccc(CNC(=O)c2cc(-c3cccnc3)nc3ccc(S(=O)(=O)N4CCCCCC4)cc23)cc1. The number of carbonyl (C=O) groups is 1. The Hall–Kier alpha value is -3.62. The number of carbonyl (C=O) groups excluding carboxylic acids is 1. The van der Waals surface area contributed by atoms with E-state index in [0.717, 1.165) is 42.4 Å². The number of hydrogen-bond donors (Lipinski definition) is 1. The zero-order valence-electron chi connectivity index (χ0n) is 20.9. The molecule has 0 bridgehead atoms. The van der Waals surface area contributed by atoms with Crippen LogP contribution in [-0.4, -0.2) is 41.7 Å². The highest BCUT2D eigenvalue weighted by atomic mass is 32.2. The minimum Gasteiger partial charge on any atom is -0.348 e. The molecule has 4 aromatic rings. The molecule has 5 rings (SSSR count). The van der Waals surface area contributed by atoms with Gasteiger partial charge in [0.25, 0.3) is 5.91 Å². The summed E-state index contributed by atoms with van der Waals surface area (Å²) >= 11 is 0. The number of benzene rings is 2. The third-order valence-electron chi connectivity index (χ3n) is 6.76. The summed E-state index contributed by atoms with van der Waals surface area (Å²) in [5.41, 5.74) is 4.44. The van der Waals surface area contributed by atoms with Gasteiger partial charge in [0.1, 0.15) is 0 Å². The third kappa shape index (κ3) is 5.55. The molecule has 0 saturated carbocycles. The van der Waals surface area contributed by atoms with Gasteiger partial charge in [-0.25, -0.2) is 13.4 Å². The first-order valence-electron chi connectivity index (χ1n) is 12.6. The Labute approximate surface area is 217 Å². The number of aromatic nitrogens is 2. The van der Waals surface area contributed by atoms with Crippen molar-refractivity contribution >= 4 is 26.8 Å². The first-order chi connectivity index (χ1) is 17.9. The van der Waals surface area contributed by atoms with Crippen molar-refractivity contribution < 1.29 is 13.2 Å². The van der Waals surface area contributed by atoms with Crippen molar-refractivity contribution in [1.82, 2.24) is 19.6 Å². The molecule has 0 atom stereocenters. The topological polar surface area (TPSA) is 92.3 Å². The Morgan fingerprint density at radius 1 is 0.973 bits per heavy atom. The van der Waals surface area contributed by atoms with Crippen LogP contribution in [0.25, 0.3) is 22.2 Å². The van der Waals surface area contributed by atoms with Crippen molar-refractivity contribution in [2.75, 3.05) is 13.1 Å². The van der Waals surface area contributed by atoms with Gasteiger partial charge in [-0.2, -0.15) is 4.31 Å². The molecular weight excluding hydrogens is 484 g/mol. The van der Waals surface area contributed by atoms with Crippen molar-refractivity contribution in [2.45, 2.75) is 44.0 Å². The molecule has 2 aromatic carbocycles. The van der Waals surface area contributed by atoms with E-state index in [0.29, 0.717) is 41.8 Å². The zero-order valence-corrected chi connectivity index (χ0v) is 21.7. The van der Waals surface area contributed by atoms with E-state index in [-0.39, 0.29) is 10.8 Å². The fraction of sp³-hybridized carbons (Fsp3) is 0.276. The van der Waals surface area contributed by atoms with Crippen LogP contribution in [0.3, 0.4) is 0 Å². The summed E-state index contributed by atoms with van der Waals surface area (Å²) in [6.07, 6.45) is 7.16. The second-order valence-corrected chi connectivity index (χ2v) is 11.4. The van der Waals surface area contributed by atoms with E-state index in [1.807, 2.05) is 43.3 Å². The number of aryl methyl sites for hydroxylation is 1. The predicted molar refractivity (Wildman–Crippen MR) is 145 cm³/mol. The first-order valence-corrected chi connectivity index (χ1v) is 14.0. The predicted octanol–water partition coefficient (Wildman–Crippen LogP) is 5.10. The quantitative estimate of drug-likeness (QED) is 0.387. The lowest BCUT2D eigenvalue weighted by Gasteiger charge is -2.20. The molecule has 0 unspecified atom stereocenters. The lowest BCUT2D eigenvalue weighted by atomic mass is 10.0. The monoisotopic (exact) mass is 514 g/mol. The summed E-state index contributed by atoms with van der Waals surface area (Å²) < 4.78 is 28.5. The van der Waals surface area contributed by atoms with E-state index in [2.05, 4.69) is 10.3 Å². The molecule has 37 heavy (non-hydrogen) atoms. The molecule has 0 radical (unpaired) electrons. The standard InChI is InChI=1S/C29H30N4O3S/c1-21-8-10-22(11-9-21)19-31-29(34)26-18-28(23-7-6-14-30-20-23)32-27-13-12-24(17-25(26)27)37(35,36)33-15-4-2-3-5-16-33/h6-14,17-18,20H,2-5,15-16,19H2,1H3,(H,31,34). The molecule has 1 saturated heterocycles. The van der Waals surface area contributed by atoms with Crippen LogP contribution < -0.4 is 5.32 Å². The van der Waals surface area contributed by atoms with Gasteiger partial charge in [-0.15, -0.1) is 0 Å². The fourth-order valence-electron chi connectivity index (χ4n) is 4.63. The van der Waals surface area contributed by atoms with Gasteiger partial charge in [0.05, 0.1) is 21.7 Å². The highest BCUT2D eigenvalue weighted by Gasteiger charge is 2.26. The molecule has 1 aliphatic rings. The molecular formula is C29H30N4O3S. The summed E-state index contributed by atoms with van der Waals surface area (Å²) in [5, 5.41) is 3.50. The van der Waals surface area contributed by atoms with Gasteiger partial charge < -0.3 is 5.32 Å². The molecule has 2 aromatic heterocycles. The average Bonchev–Trinajstić information content (AvgIpc) is 3.22. The van der Waals surface area contributed by atoms with Crippen LogP contribution in [0, 0.1) is 6.92 Å². The van der Waals surface area contributed by atoms with Crippen molar-refractivity contribution in [1.29, 1.82) is 0 Å². The highest BCUT2D eigenvalue weighted by Crippen LogP contribution is 2.29. The van der Waals surface area contributed by atoms with Gasteiger partial charge >= 0.3 is 0 Å². The van der Waals surface area contributed by atoms with E-state index in [1.165, 1.54) is 0 Å². The Bertz CT molecular complexity index is 1510. The van der Waals surface area contributed by atoms with Crippen LogP contribution >= 0.6 is 0 Å². The van der Waals surface area contributed by atoms with Crippen molar-refractivity contribution in [3.8, 4) is 11.3 Å². The molecule has 1 amide bonds. The van der Waals surface area contributed by atoms with E-state index in [9.17, 15) is 13.2 Å². The maximum absolute atomic E-state index is 13.5. The number of nitrogens with zero attached hydrogens (tertiary/aromatic N) is 3. The van der Waals surface area contributed by atoms with Crippen LogP contribution in [0.15, 0.2) is 78.0 Å². The number of amides is 1. The van der Waals surface area contributed by atoms with Crippen molar-refractivity contribution in [3.63, 3.8) is 0 Å². The zero-order chi connectivity index (χ0) is 25.8. The number of nitrogens with one attached hydrogen (secondary N) is 1. The molecule has 3 heterocycles. The Morgan fingerprint density at radius 3 is 2.43 bits per heavy atom. The Kier molecular flexibility index (Phi) is 7.30. The summed E-state index contributed by atoms with van der Waals surface area (Å²) in [7, 11) is -3.68. The first kappa shape index (κ1) is 25.0. The fourth-order valence-corrected chi connectivity index (χ4v) is 6.17. The van der Waals surface area contributed by atoms with Gasteiger partial charge in [-0.05, 0) is 61.7 Å². The number of rotatable bonds is 6. The number of pyridine rings is 2. The summed E-state index contributed by atoms with van der Waals surface area (Å²) in [5.74, 6) is -0.289. The highest BCUT2D eigenvalue weighted by molar-refractivity contribution is 7.89. The van der Waals surface area contributed by atoms with Gasteiger partial charge in [0.2, 0.25) is 10.0 Å². The average molecular weight is 515 g/mol. The van der Waals surface area contributed by atoms with Gasteiger partial charge in [-0.3, -0.25) is 9.78 Å². The van der Waals surface area contributed by atoms with Crippen LogP contribution in [0.1, 0.15) is 47.2 Å². The van der Waals surface area contributed by atoms with Crippen molar-refractivity contribution in [3.05, 3.63) is 89.7 Å². The third-order valence-corrected chi connectivity index (χ3v) is 8.65. The van der Waals surface area contributed by atoms with Crippen LogP contribution in [0.4, 0.5) is 0 Å². The van der Waals surface area contributed by atoms with E-state index >= 15 is 0 Å². The second kappa shape index (κ2) is 10.8. The molecule has 190 valence electrons. The molecule has 7 nitrogen and oxygen atoms in total. The summed E-state index contributed by atoms with van der Waals surface area (Å²) in [6, 6.07) is 18.3. The lowest BCUT2D eigenvalue weighted by molar-refractivity contribution is 0.0952. The van der Waals surface area contributed by atoms with Crippen LogP contribution in [0.2, 0.25) is 0 Å². The minimum absolute atomic E-state index is 0.186. The smallest absolute Gasteiger partial charge is 0.252 e. The normalized spacial score (nSPS) is 14.8. The minimum atomic E-state index is -3.68. The molecule has 1 aliphatic heterocycles. The summed E-state index contributed by atoms with van der Waals surface area (Å²) in [6.45, 7) is 3.41. The Morgan fingerprint density at radius 2 is 1.73 bits per heavy atom. The molecule has 1 N–H and O–H groups in total. The lowest BCUT2D eigenvalue weighted by Crippen LogP contribution is -2.32. The van der Waals surface area contributed by atoms with Gasteiger partial charge in [-0.1, -0.05) is 42.7 Å². The maximum Gasteiger partial charge on any atom is 0.252 e.